The van der Waals surface area contributed by atoms with Gasteiger partial charge in [-0.3, -0.25) is 15.1 Å². The number of nitro groups is 1. The van der Waals surface area contributed by atoms with Crippen LogP contribution in [0.2, 0.25) is 0 Å². The average molecular weight is 260 g/mol. The first kappa shape index (κ1) is 12.7. The van der Waals surface area contributed by atoms with Crippen LogP contribution >= 0.6 is 0 Å². The second-order valence-electron chi connectivity index (χ2n) is 3.63. The van der Waals surface area contributed by atoms with Crippen molar-refractivity contribution in [2.45, 2.75) is 6.92 Å². The van der Waals surface area contributed by atoms with Gasteiger partial charge in [-0.1, -0.05) is 0 Å². The number of ether oxygens (including phenoxy) is 1. The largest absolute Gasteiger partial charge is 0.437 e. The van der Waals surface area contributed by atoms with Crippen molar-refractivity contribution in [1.82, 2.24) is 9.97 Å². The van der Waals surface area contributed by atoms with Crippen molar-refractivity contribution in [3.05, 3.63) is 46.8 Å². The molecule has 1 N–H and O–H groups in total. The molecular formula is C12H12N4O3. The van der Waals surface area contributed by atoms with E-state index in [0.29, 0.717) is 17.4 Å². The highest BCUT2D eigenvalue weighted by atomic mass is 16.6. The molecule has 0 aliphatic heterocycles. The Morgan fingerprint density at radius 2 is 2.05 bits per heavy atom. The Labute approximate surface area is 109 Å². The number of rotatable bonds is 5. The highest BCUT2D eigenvalue weighted by Crippen LogP contribution is 2.22. The number of nitrogens with zero attached hydrogens (tertiary/aromatic N) is 3. The first-order valence-corrected chi connectivity index (χ1v) is 5.67. The molecule has 0 aliphatic carbocycles. The average Bonchev–Trinajstić information content (AvgIpc) is 2.40. The molecular weight excluding hydrogens is 248 g/mol. The third kappa shape index (κ3) is 3.38. The highest BCUT2D eigenvalue weighted by Gasteiger charge is 2.06. The molecule has 0 saturated heterocycles. The number of anilines is 1. The summed E-state index contributed by atoms with van der Waals surface area (Å²) in [6.45, 7) is 2.68. The molecule has 0 fully saturated rings. The molecule has 0 bridgehead atoms. The van der Waals surface area contributed by atoms with E-state index >= 15 is 0 Å². The lowest BCUT2D eigenvalue weighted by Crippen LogP contribution is -2.00. The fraction of sp³-hybridized carbons (Fsp3) is 0.167. The molecule has 0 radical (unpaired) electrons. The summed E-state index contributed by atoms with van der Waals surface area (Å²) in [5.74, 6) is 1.41. The molecule has 0 spiro atoms. The zero-order valence-electron chi connectivity index (χ0n) is 10.2. The van der Waals surface area contributed by atoms with Crippen LogP contribution in [0.3, 0.4) is 0 Å². The van der Waals surface area contributed by atoms with Crippen LogP contribution in [0.25, 0.3) is 0 Å². The van der Waals surface area contributed by atoms with Crippen LogP contribution in [-0.4, -0.2) is 21.4 Å². The van der Waals surface area contributed by atoms with Crippen LogP contribution < -0.4 is 10.1 Å². The van der Waals surface area contributed by atoms with E-state index in [9.17, 15) is 10.1 Å². The Hall–Kier alpha value is -2.70. The molecule has 1 aromatic heterocycles. The first-order chi connectivity index (χ1) is 9.19. The van der Waals surface area contributed by atoms with Gasteiger partial charge in [0.05, 0.1) is 17.3 Å². The molecule has 0 aliphatic rings. The standard InChI is InChI=1S/C12H12N4O3/c1-2-14-11-7-13-8-12(15-11)19-10-5-3-9(4-6-10)16(17)18/h3-8H,2H2,1H3,(H,14,15). The number of nitrogens with one attached hydrogen (secondary N) is 1. The summed E-state index contributed by atoms with van der Waals surface area (Å²) in [6.07, 6.45) is 3.06. The van der Waals surface area contributed by atoms with Gasteiger partial charge in [0.1, 0.15) is 11.6 Å². The van der Waals surface area contributed by atoms with Crippen LogP contribution in [0, 0.1) is 10.1 Å². The zero-order valence-corrected chi connectivity index (χ0v) is 10.2. The van der Waals surface area contributed by atoms with Gasteiger partial charge in [-0.05, 0) is 19.1 Å². The summed E-state index contributed by atoms with van der Waals surface area (Å²) in [6, 6.07) is 5.77. The van der Waals surface area contributed by atoms with Gasteiger partial charge in [-0.15, -0.1) is 0 Å². The lowest BCUT2D eigenvalue weighted by molar-refractivity contribution is -0.384. The van der Waals surface area contributed by atoms with Crippen molar-refractivity contribution in [3.8, 4) is 11.6 Å². The number of benzene rings is 1. The minimum Gasteiger partial charge on any atom is -0.437 e. The number of aromatic nitrogens is 2. The molecule has 98 valence electrons. The van der Waals surface area contributed by atoms with E-state index in [-0.39, 0.29) is 5.69 Å². The topological polar surface area (TPSA) is 90.2 Å². The Morgan fingerprint density at radius 1 is 1.32 bits per heavy atom. The predicted molar refractivity (Wildman–Crippen MR) is 69.4 cm³/mol. The van der Waals surface area contributed by atoms with E-state index in [1.165, 1.54) is 30.5 Å². The van der Waals surface area contributed by atoms with Crippen LogP contribution in [0.4, 0.5) is 11.5 Å². The molecule has 2 rings (SSSR count). The molecule has 0 amide bonds. The van der Waals surface area contributed by atoms with E-state index in [1.54, 1.807) is 6.20 Å². The molecule has 1 aromatic carbocycles. The van der Waals surface area contributed by atoms with Crippen molar-refractivity contribution in [3.63, 3.8) is 0 Å². The number of hydrogen-bond donors (Lipinski definition) is 1. The Morgan fingerprint density at radius 3 is 2.68 bits per heavy atom. The maximum atomic E-state index is 10.5. The predicted octanol–water partition coefficient (Wildman–Crippen LogP) is 2.61. The first-order valence-electron chi connectivity index (χ1n) is 5.67. The van der Waals surface area contributed by atoms with Gasteiger partial charge < -0.3 is 10.1 Å². The van der Waals surface area contributed by atoms with Gasteiger partial charge in [0.25, 0.3) is 5.69 Å². The van der Waals surface area contributed by atoms with Crippen LogP contribution in [0.1, 0.15) is 6.92 Å². The fourth-order valence-electron chi connectivity index (χ4n) is 1.42. The summed E-state index contributed by atoms with van der Waals surface area (Å²) in [5.41, 5.74) is 0.0137. The number of non-ortho nitro benzene ring substituents is 1. The normalized spacial score (nSPS) is 9.95. The Kier molecular flexibility index (Phi) is 3.87. The van der Waals surface area contributed by atoms with Crippen LogP contribution in [0.5, 0.6) is 11.6 Å². The summed E-state index contributed by atoms with van der Waals surface area (Å²) in [5, 5.41) is 13.5. The smallest absolute Gasteiger partial charge is 0.269 e. The molecule has 19 heavy (non-hydrogen) atoms. The van der Waals surface area contributed by atoms with Crippen molar-refractivity contribution < 1.29 is 9.66 Å². The maximum Gasteiger partial charge on any atom is 0.269 e. The van der Waals surface area contributed by atoms with Crippen molar-refractivity contribution in [2.24, 2.45) is 0 Å². The summed E-state index contributed by atoms with van der Waals surface area (Å²) in [4.78, 5) is 18.2. The molecule has 0 saturated carbocycles. The third-order valence-corrected chi connectivity index (χ3v) is 2.24. The van der Waals surface area contributed by atoms with Gasteiger partial charge >= 0.3 is 0 Å². The van der Waals surface area contributed by atoms with E-state index in [0.717, 1.165) is 6.54 Å². The highest BCUT2D eigenvalue weighted by molar-refractivity contribution is 5.38. The second-order valence-corrected chi connectivity index (χ2v) is 3.63. The third-order valence-electron chi connectivity index (χ3n) is 2.24. The quantitative estimate of drug-likeness (QED) is 0.656. The minimum atomic E-state index is -0.463. The summed E-state index contributed by atoms with van der Waals surface area (Å²) < 4.78 is 5.46. The Balaban J connectivity index is 2.12. The van der Waals surface area contributed by atoms with Gasteiger partial charge in [-0.25, -0.2) is 0 Å². The van der Waals surface area contributed by atoms with Crippen molar-refractivity contribution >= 4 is 11.5 Å². The van der Waals surface area contributed by atoms with E-state index < -0.39 is 4.92 Å². The lowest BCUT2D eigenvalue weighted by Gasteiger charge is -2.06. The Bertz CT molecular complexity index is 571. The molecule has 0 atom stereocenters. The van der Waals surface area contributed by atoms with Gasteiger partial charge in [0.15, 0.2) is 0 Å². The van der Waals surface area contributed by atoms with E-state index in [2.05, 4.69) is 15.3 Å². The van der Waals surface area contributed by atoms with Crippen molar-refractivity contribution in [1.29, 1.82) is 0 Å². The van der Waals surface area contributed by atoms with Crippen molar-refractivity contribution in [2.75, 3.05) is 11.9 Å². The maximum absolute atomic E-state index is 10.5. The molecule has 2 aromatic rings. The summed E-state index contributed by atoms with van der Waals surface area (Å²) in [7, 11) is 0. The molecule has 0 unspecified atom stereocenters. The number of hydrogen-bond acceptors (Lipinski definition) is 6. The minimum absolute atomic E-state index is 0.0137. The van der Waals surface area contributed by atoms with E-state index in [4.69, 9.17) is 4.74 Å². The fourth-order valence-corrected chi connectivity index (χ4v) is 1.42. The van der Waals surface area contributed by atoms with Gasteiger partial charge in [0.2, 0.25) is 5.88 Å². The SMILES string of the molecule is CCNc1cncc(Oc2ccc([N+](=O)[O-])cc2)n1. The van der Waals surface area contributed by atoms with Crippen LogP contribution in [-0.2, 0) is 0 Å². The van der Waals surface area contributed by atoms with E-state index in [1.807, 2.05) is 6.92 Å². The monoisotopic (exact) mass is 260 g/mol. The van der Waals surface area contributed by atoms with Gasteiger partial charge in [0, 0.05) is 18.7 Å². The zero-order chi connectivity index (χ0) is 13.7. The summed E-state index contributed by atoms with van der Waals surface area (Å²) >= 11 is 0. The number of nitro benzene ring substituents is 1. The lowest BCUT2D eigenvalue weighted by atomic mass is 10.3. The molecule has 7 nitrogen and oxygen atoms in total. The second kappa shape index (κ2) is 5.76. The van der Waals surface area contributed by atoms with Crippen LogP contribution in [0.15, 0.2) is 36.7 Å². The van der Waals surface area contributed by atoms with Gasteiger partial charge in [-0.2, -0.15) is 4.98 Å². The molecule has 7 heteroatoms. The molecule has 1 heterocycles.